The van der Waals surface area contributed by atoms with E-state index in [1.807, 2.05) is 0 Å². The number of nitrogens with two attached hydrogens (primary N) is 1. The zero-order valence-corrected chi connectivity index (χ0v) is 11.7. The summed E-state index contributed by atoms with van der Waals surface area (Å²) in [7, 11) is 0. The predicted molar refractivity (Wildman–Crippen MR) is 69.8 cm³/mol. The molecular formula is C14H25F3N2. The van der Waals surface area contributed by atoms with Crippen molar-refractivity contribution in [2.75, 3.05) is 19.6 Å². The lowest BCUT2D eigenvalue weighted by molar-refractivity contribution is -0.189. The second-order valence-electron chi connectivity index (χ2n) is 6.44. The quantitative estimate of drug-likeness (QED) is 0.840. The SMILES string of the molecule is CC1CCCN(C2(CN)CCC(C(F)(F)F)CC2)C1. The molecule has 1 heterocycles. The van der Waals surface area contributed by atoms with Crippen molar-refractivity contribution >= 4 is 0 Å². The third-order valence-corrected chi connectivity index (χ3v) is 5.09. The van der Waals surface area contributed by atoms with E-state index in [2.05, 4.69) is 11.8 Å². The molecule has 1 aliphatic carbocycles. The molecule has 2 rings (SSSR count). The first-order chi connectivity index (χ1) is 8.87. The fourth-order valence-electron chi connectivity index (χ4n) is 3.75. The lowest BCUT2D eigenvalue weighted by atomic mass is 9.74. The average molecular weight is 278 g/mol. The fraction of sp³-hybridized carbons (Fsp3) is 1.00. The first kappa shape index (κ1) is 15.1. The van der Waals surface area contributed by atoms with Crippen LogP contribution in [0.5, 0.6) is 0 Å². The lowest BCUT2D eigenvalue weighted by Gasteiger charge is -2.50. The van der Waals surface area contributed by atoms with E-state index in [1.54, 1.807) is 0 Å². The molecule has 0 aromatic carbocycles. The summed E-state index contributed by atoms with van der Waals surface area (Å²) in [5.74, 6) is -0.480. The van der Waals surface area contributed by atoms with Gasteiger partial charge in [0.05, 0.1) is 5.92 Å². The number of piperidine rings is 1. The Hall–Kier alpha value is -0.290. The maximum atomic E-state index is 12.8. The molecule has 0 amide bonds. The van der Waals surface area contributed by atoms with E-state index in [1.165, 1.54) is 6.42 Å². The summed E-state index contributed by atoms with van der Waals surface area (Å²) in [5, 5.41) is 0. The van der Waals surface area contributed by atoms with Crippen LogP contribution in [-0.4, -0.2) is 36.2 Å². The number of hydrogen-bond acceptors (Lipinski definition) is 2. The van der Waals surface area contributed by atoms with Gasteiger partial charge in [0.15, 0.2) is 0 Å². The number of halogens is 3. The molecule has 0 bridgehead atoms. The largest absolute Gasteiger partial charge is 0.391 e. The molecule has 112 valence electrons. The minimum absolute atomic E-state index is 0.170. The molecule has 1 aliphatic heterocycles. The Balaban J connectivity index is 2.01. The Bertz CT molecular complexity index is 296. The Morgan fingerprint density at radius 3 is 2.32 bits per heavy atom. The van der Waals surface area contributed by atoms with Crippen molar-refractivity contribution in [1.82, 2.24) is 4.90 Å². The van der Waals surface area contributed by atoms with Crippen molar-refractivity contribution in [2.45, 2.75) is 57.2 Å². The Morgan fingerprint density at radius 1 is 1.21 bits per heavy atom. The van der Waals surface area contributed by atoms with Gasteiger partial charge in [0.2, 0.25) is 0 Å². The Kier molecular flexibility index (Phi) is 4.45. The highest BCUT2D eigenvalue weighted by Crippen LogP contribution is 2.43. The van der Waals surface area contributed by atoms with Crippen LogP contribution < -0.4 is 5.73 Å². The lowest BCUT2D eigenvalue weighted by Crippen LogP contribution is -2.58. The van der Waals surface area contributed by atoms with E-state index in [4.69, 9.17) is 5.73 Å². The van der Waals surface area contributed by atoms with Gasteiger partial charge in [-0.25, -0.2) is 0 Å². The van der Waals surface area contributed by atoms with Crippen LogP contribution >= 0.6 is 0 Å². The highest BCUT2D eigenvalue weighted by atomic mass is 19.4. The Labute approximate surface area is 113 Å². The van der Waals surface area contributed by atoms with Crippen LogP contribution in [0.25, 0.3) is 0 Å². The first-order valence-electron chi connectivity index (χ1n) is 7.39. The normalized spacial score (nSPS) is 38.4. The molecule has 2 aliphatic rings. The van der Waals surface area contributed by atoms with Crippen LogP contribution in [0.3, 0.4) is 0 Å². The van der Waals surface area contributed by atoms with Gasteiger partial charge in [-0.3, -0.25) is 4.90 Å². The molecule has 1 saturated heterocycles. The molecule has 0 aromatic heterocycles. The predicted octanol–water partition coefficient (Wildman–Crippen LogP) is 3.17. The van der Waals surface area contributed by atoms with Crippen LogP contribution in [0.2, 0.25) is 0 Å². The molecule has 2 nitrogen and oxygen atoms in total. The molecule has 0 aromatic rings. The van der Waals surface area contributed by atoms with Gasteiger partial charge in [-0.1, -0.05) is 6.92 Å². The van der Waals surface area contributed by atoms with Gasteiger partial charge in [0.1, 0.15) is 0 Å². The molecule has 1 unspecified atom stereocenters. The van der Waals surface area contributed by atoms with Crippen LogP contribution in [0, 0.1) is 11.8 Å². The van der Waals surface area contributed by atoms with Crippen molar-refractivity contribution in [3.63, 3.8) is 0 Å². The standard InChI is InChI=1S/C14H25F3N2/c1-11-3-2-8-19(9-11)13(10-18)6-4-12(5-7-13)14(15,16)17/h11-12H,2-10,18H2,1H3. The molecular weight excluding hydrogens is 253 g/mol. The number of nitrogens with zero attached hydrogens (tertiary/aromatic N) is 1. The van der Waals surface area contributed by atoms with Crippen molar-refractivity contribution in [1.29, 1.82) is 0 Å². The second kappa shape index (κ2) is 5.60. The number of rotatable bonds is 2. The summed E-state index contributed by atoms with van der Waals surface area (Å²) < 4.78 is 38.3. The smallest absolute Gasteiger partial charge is 0.329 e. The van der Waals surface area contributed by atoms with E-state index in [0.29, 0.717) is 25.3 Å². The van der Waals surface area contributed by atoms with Crippen LogP contribution in [-0.2, 0) is 0 Å². The number of hydrogen-bond donors (Lipinski definition) is 1. The van der Waals surface area contributed by atoms with Crippen LogP contribution in [0.1, 0.15) is 45.4 Å². The molecule has 2 N–H and O–H groups in total. The topological polar surface area (TPSA) is 29.3 Å². The summed E-state index contributed by atoms with van der Waals surface area (Å²) in [6, 6.07) is 0. The number of likely N-dealkylation sites (tertiary alicyclic amines) is 1. The van der Waals surface area contributed by atoms with Crippen molar-refractivity contribution in [3.05, 3.63) is 0 Å². The van der Waals surface area contributed by atoms with Gasteiger partial charge >= 0.3 is 6.18 Å². The van der Waals surface area contributed by atoms with Crippen molar-refractivity contribution in [2.24, 2.45) is 17.6 Å². The van der Waals surface area contributed by atoms with Gasteiger partial charge in [0.25, 0.3) is 0 Å². The summed E-state index contributed by atoms with van der Waals surface area (Å²) in [4.78, 5) is 2.38. The highest BCUT2D eigenvalue weighted by Gasteiger charge is 2.47. The maximum absolute atomic E-state index is 12.8. The van der Waals surface area contributed by atoms with Crippen LogP contribution in [0.15, 0.2) is 0 Å². The summed E-state index contributed by atoms with van der Waals surface area (Å²) in [6.07, 6.45) is 0.0157. The van der Waals surface area contributed by atoms with E-state index in [9.17, 15) is 13.2 Å². The zero-order chi connectivity index (χ0) is 14.1. The second-order valence-corrected chi connectivity index (χ2v) is 6.44. The van der Waals surface area contributed by atoms with Gasteiger partial charge in [-0.15, -0.1) is 0 Å². The molecule has 2 fully saturated rings. The van der Waals surface area contributed by atoms with Gasteiger partial charge in [-0.05, 0) is 51.0 Å². The van der Waals surface area contributed by atoms with Gasteiger partial charge in [-0.2, -0.15) is 13.2 Å². The monoisotopic (exact) mass is 278 g/mol. The summed E-state index contributed by atoms with van der Waals surface area (Å²) in [5.41, 5.74) is 5.78. The van der Waals surface area contributed by atoms with Crippen molar-refractivity contribution in [3.8, 4) is 0 Å². The molecule has 1 saturated carbocycles. The average Bonchev–Trinajstić information content (AvgIpc) is 2.38. The van der Waals surface area contributed by atoms with E-state index < -0.39 is 12.1 Å². The molecule has 1 atom stereocenters. The summed E-state index contributed by atoms with van der Waals surface area (Å²) in [6.45, 7) is 4.70. The third-order valence-electron chi connectivity index (χ3n) is 5.09. The molecule has 19 heavy (non-hydrogen) atoms. The first-order valence-corrected chi connectivity index (χ1v) is 7.39. The highest BCUT2D eigenvalue weighted by molar-refractivity contribution is 4.98. The maximum Gasteiger partial charge on any atom is 0.391 e. The minimum Gasteiger partial charge on any atom is -0.329 e. The van der Waals surface area contributed by atoms with Gasteiger partial charge < -0.3 is 5.73 Å². The van der Waals surface area contributed by atoms with Gasteiger partial charge in [0, 0.05) is 18.6 Å². The Morgan fingerprint density at radius 2 is 1.84 bits per heavy atom. The van der Waals surface area contributed by atoms with Crippen molar-refractivity contribution < 1.29 is 13.2 Å². The summed E-state index contributed by atoms with van der Waals surface area (Å²) >= 11 is 0. The molecule has 5 heteroatoms. The minimum atomic E-state index is -4.03. The van der Waals surface area contributed by atoms with E-state index >= 15 is 0 Å². The number of alkyl halides is 3. The third kappa shape index (κ3) is 3.24. The van der Waals surface area contributed by atoms with E-state index in [-0.39, 0.29) is 18.4 Å². The van der Waals surface area contributed by atoms with E-state index in [0.717, 1.165) is 19.5 Å². The van der Waals surface area contributed by atoms with Crippen LogP contribution in [0.4, 0.5) is 13.2 Å². The fourth-order valence-corrected chi connectivity index (χ4v) is 3.75. The molecule has 0 spiro atoms. The zero-order valence-electron chi connectivity index (χ0n) is 11.7. The molecule has 0 radical (unpaired) electrons.